The molecular formula is C11H18N4O. The van der Waals surface area contributed by atoms with Crippen LogP contribution in [-0.4, -0.2) is 21.6 Å². The number of aromatic nitrogens is 2. The number of nitrogens with zero attached hydrogens (tertiary/aromatic N) is 2. The third kappa shape index (κ3) is 2.74. The lowest BCUT2D eigenvalue weighted by atomic mass is 9.89. The fourth-order valence-corrected chi connectivity index (χ4v) is 2.09. The number of rotatable bonds is 3. The molecule has 0 spiro atoms. The lowest BCUT2D eigenvalue weighted by Gasteiger charge is -2.21. The molecule has 1 aromatic rings. The Labute approximate surface area is 95.1 Å². The zero-order chi connectivity index (χ0) is 11.4. The largest absolute Gasteiger partial charge is 0.492 e. The number of nitrogen functional groups attached to an aromatic ring is 1. The fourth-order valence-electron chi connectivity index (χ4n) is 2.09. The molecule has 16 heavy (non-hydrogen) atoms. The van der Waals surface area contributed by atoms with Crippen LogP contribution < -0.4 is 11.1 Å². The molecule has 5 nitrogen and oxygen atoms in total. The van der Waals surface area contributed by atoms with Gasteiger partial charge in [-0.2, -0.15) is 4.98 Å². The van der Waals surface area contributed by atoms with Crippen LogP contribution in [0.4, 0.5) is 11.6 Å². The Morgan fingerprint density at radius 3 is 2.81 bits per heavy atom. The summed E-state index contributed by atoms with van der Waals surface area (Å²) in [6, 6.07) is 0. The summed E-state index contributed by atoms with van der Waals surface area (Å²) in [5, 5.41) is 12.5. The molecule has 0 aliphatic heterocycles. The molecule has 1 heterocycles. The van der Waals surface area contributed by atoms with Gasteiger partial charge in [-0.05, 0) is 18.8 Å². The average Bonchev–Trinajstić information content (AvgIpc) is 2.32. The highest BCUT2D eigenvalue weighted by molar-refractivity contribution is 5.47. The van der Waals surface area contributed by atoms with Crippen LogP contribution >= 0.6 is 0 Å². The third-order valence-electron chi connectivity index (χ3n) is 3.07. The van der Waals surface area contributed by atoms with E-state index in [1.807, 2.05) is 0 Å². The van der Waals surface area contributed by atoms with E-state index in [2.05, 4.69) is 15.3 Å². The molecule has 2 rings (SSSR count). The van der Waals surface area contributed by atoms with Crippen molar-refractivity contribution in [1.82, 2.24) is 9.97 Å². The van der Waals surface area contributed by atoms with Gasteiger partial charge in [0.1, 0.15) is 5.69 Å². The first-order valence-corrected chi connectivity index (χ1v) is 5.81. The van der Waals surface area contributed by atoms with Gasteiger partial charge in [0.15, 0.2) is 0 Å². The number of anilines is 2. The Balaban J connectivity index is 1.86. The second kappa shape index (κ2) is 5.01. The van der Waals surface area contributed by atoms with Crippen molar-refractivity contribution in [2.24, 2.45) is 5.92 Å². The number of hydrogen-bond donors (Lipinski definition) is 3. The summed E-state index contributed by atoms with van der Waals surface area (Å²) in [7, 11) is 0. The molecule has 1 saturated carbocycles. The van der Waals surface area contributed by atoms with Gasteiger partial charge in [-0.3, -0.25) is 0 Å². The van der Waals surface area contributed by atoms with Crippen molar-refractivity contribution in [3.63, 3.8) is 0 Å². The molecule has 0 aromatic carbocycles. The molecule has 0 amide bonds. The van der Waals surface area contributed by atoms with Crippen molar-refractivity contribution in [2.45, 2.75) is 32.1 Å². The topological polar surface area (TPSA) is 84.1 Å². The summed E-state index contributed by atoms with van der Waals surface area (Å²) in [6.45, 7) is 0.878. The van der Waals surface area contributed by atoms with Crippen molar-refractivity contribution >= 4 is 11.6 Å². The van der Waals surface area contributed by atoms with E-state index in [-0.39, 0.29) is 11.6 Å². The first-order valence-electron chi connectivity index (χ1n) is 5.81. The van der Waals surface area contributed by atoms with Gasteiger partial charge in [0, 0.05) is 6.54 Å². The quantitative estimate of drug-likeness (QED) is 0.725. The van der Waals surface area contributed by atoms with Gasteiger partial charge >= 0.3 is 0 Å². The molecule has 0 unspecified atom stereocenters. The minimum atomic E-state index is -0.152. The summed E-state index contributed by atoms with van der Waals surface area (Å²) >= 11 is 0. The van der Waals surface area contributed by atoms with Gasteiger partial charge in [0.25, 0.3) is 0 Å². The maximum atomic E-state index is 9.32. The van der Waals surface area contributed by atoms with E-state index in [9.17, 15) is 5.11 Å². The predicted octanol–water partition coefficient (Wildman–Crippen LogP) is 1.76. The SMILES string of the molecule is Nc1cnc(NCC2CCCCC2)nc1O. The Kier molecular flexibility index (Phi) is 3.44. The minimum Gasteiger partial charge on any atom is -0.492 e. The number of hydrogen-bond acceptors (Lipinski definition) is 5. The summed E-state index contributed by atoms with van der Waals surface area (Å²) in [4.78, 5) is 7.88. The van der Waals surface area contributed by atoms with Crippen LogP contribution in [0.5, 0.6) is 5.88 Å². The highest BCUT2D eigenvalue weighted by Crippen LogP contribution is 2.24. The Morgan fingerprint density at radius 2 is 2.12 bits per heavy atom. The maximum Gasteiger partial charge on any atom is 0.239 e. The van der Waals surface area contributed by atoms with Crippen molar-refractivity contribution in [2.75, 3.05) is 17.6 Å². The third-order valence-corrected chi connectivity index (χ3v) is 3.07. The summed E-state index contributed by atoms with van der Waals surface area (Å²) in [5.41, 5.74) is 5.64. The van der Waals surface area contributed by atoms with Gasteiger partial charge in [0.05, 0.1) is 6.20 Å². The molecule has 5 heteroatoms. The van der Waals surface area contributed by atoms with E-state index in [0.29, 0.717) is 11.9 Å². The molecule has 0 bridgehead atoms. The van der Waals surface area contributed by atoms with E-state index in [0.717, 1.165) is 6.54 Å². The smallest absolute Gasteiger partial charge is 0.239 e. The Morgan fingerprint density at radius 1 is 1.38 bits per heavy atom. The highest BCUT2D eigenvalue weighted by atomic mass is 16.3. The first kappa shape index (κ1) is 11.0. The molecule has 0 saturated heterocycles. The van der Waals surface area contributed by atoms with E-state index in [4.69, 9.17) is 5.73 Å². The molecule has 4 N–H and O–H groups in total. The van der Waals surface area contributed by atoms with Crippen LogP contribution in [0.1, 0.15) is 32.1 Å². The molecule has 0 atom stereocenters. The van der Waals surface area contributed by atoms with Gasteiger partial charge in [-0.15, -0.1) is 0 Å². The van der Waals surface area contributed by atoms with Gasteiger partial charge in [-0.25, -0.2) is 4.98 Å². The van der Waals surface area contributed by atoms with Crippen LogP contribution in [-0.2, 0) is 0 Å². The van der Waals surface area contributed by atoms with Crippen molar-refractivity contribution in [3.8, 4) is 5.88 Å². The fraction of sp³-hybridized carbons (Fsp3) is 0.636. The number of nitrogens with one attached hydrogen (secondary N) is 1. The molecule has 1 aromatic heterocycles. The van der Waals surface area contributed by atoms with Gasteiger partial charge in [-0.1, -0.05) is 19.3 Å². The summed E-state index contributed by atoms with van der Waals surface area (Å²) in [5.74, 6) is 1.01. The van der Waals surface area contributed by atoms with Crippen LogP contribution in [0.2, 0.25) is 0 Å². The lowest BCUT2D eigenvalue weighted by Crippen LogP contribution is -2.18. The molecule has 1 aliphatic carbocycles. The number of nitrogens with two attached hydrogens (primary N) is 1. The zero-order valence-corrected chi connectivity index (χ0v) is 9.32. The Hall–Kier alpha value is -1.52. The van der Waals surface area contributed by atoms with Crippen molar-refractivity contribution < 1.29 is 5.11 Å². The van der Waals surface area contributed by atoms with Crippen LogP contribution in [0, 0.1) is 5.92 Å². The highest BCUT2D eigenvalue weighted by Gasteiger charge is 2.13. The van der Waals surface area contributed by atoms with Crippen molar-refractivity contribution in [3.05, 3.63) is 6.20 Å². The van der Waals surface area contributed by atoms with E-state index in [1.54, 1.807) is 0 Å². The van der Waals surface area contributed by atoms with Crippen LogP contribution in [0.25, 0.3) is 0 Å². The normalized spacial score (nSPS) is 17.2. The maximum absolute atomic E-state index is 9.32. The minimum absolute atomic E-state index is 0.152. The van der Waals surface area contributed by atoms with E-state index < -0.39 is 0 Å². The second-order valence-corrected chi connectivity index (χ2v) is 4.36. The Bertz CT molecular complexity index is 350. The summed E-state index contributed by atoms with van der Waals surface area (Å²) in [6.07, 6.45) is 7.96. The van der Waals surface area contributed by atoms with Crippen LogP contribution in [0.3, 0.4) is 0 Å². The standard InChI is InChI=1S/C11H18N4O/c12-9-7-14-11(15-10(9)16)13-6-8-4-2-1-3-5-8/h7-8H,1-6,12H2,(H2,13,14,15,16). The average molecular weight is 222 g/mol. The first-order chi connectivity index (χ1) is 7.75. The molecular weight excluding hydrogens is 204 g/mol. The number of aromatic hydroxyl groups is 1. The monoisotopic (exact) mass is 222 g/mol. The lowest BCUT2D eigenvalue weighted by molar-refractivity contribution is 0.372. The van der Waals surface area contributed by atoms with E-state index >= 15 is 0 Å². The predicted molar refractivity (Wildman–Crippen MR) is 63.2 cm³/mol. The molecule has 1 aliphatic rings. The zero-order valence-electron chi connectivity index (χ0n) is 9.32. The van der Waals surface area contributed by atoms with E-state index in [1.165, 1.54) is 38.3 Å². The molecule has 88 valence electrons. The summed E-state index contributed by atoms with van der Waals surface area (Å²) < 4.78 is 0. The molecule has 1 fully saturated rings. The van der Waals surface area contributed by atoms with Gasteiger partial charge < -0.3 is 16.2 Å². The second-order valence-electron chi connectivity index (χ2n) is 4.36. The van der Waals surface area contributed by atoms with Crippen molar-refractivity contribution in [1.29, 1.82) is 0 Å². The molecule has 0 radical (unpaired) electrons. The van der Waals surface area contributed by atoms with Crippen LogP contribution in [0.15, 0.2) is 6.20 Å². The van der Waals surface area contributed by atoms with Gasteiger partial charge in [0.2, 0.25) is 11.8 Å².